The van der Waals surface area contributed by atoms with Gasteiger partial charge in [0.25, 0.3) is 0 Å². The van der Waals surface area contributed by atoms with E-state index in [2.05, 4.69) is 47.6 Å². The van der Waals surface area contributed by atoms with Crippen LogP contribution in [0.1, 0.15) is 79.0 Å². The van der Waals surface area contributed by atoms with Crippen LogP contribution in [0.15, 0.2) is 18.2 Å². The summed E-state index contributed by atoms with van der Waals surface area (Å²) in [5.41, 5.74) is 1.97. The van der Waals surface area contributed by atoms with Crippen LogP contribution in [0.5, 0.6) is 5.75 Å². The Morgan fingerprint density at radius 3 is 1.97 bits per heavy atom. The molecule has 0 spiro atoms. The molecule has 0 heterocycles. The van der Waals surface area contributed by atoms with E-state index in [9.17, 15) is 9.36 Å². The van der Waals surface area contributed by atoms with Crippen LogP contribution in [0.4, 0.5) is 0 Å². The predicted octanol–water partition coefficient (Wildman–Crippen LogP) is 6.53. The number of hydrogen-bond donors (Lipinski definition) is 0. The van der Waals surface area contributed by atoms with Crippen molar-refractivity contribution in [1.29, 1.82) is 0 Å². The second-order valence-corrected chi connectivity index (χ2v) is 11.8. The maximum absolute atomic E-state index is 12.9. The molecule has 30 heavy (non-hydrogen) atoms. The summed E-state index contributed by atoms with van der Waals surface area (Å²) in [7, 11) is -1.87. The molecule has 1 aromatic carbocycles. The van der Waals surface area contributed by atoms with Gasteiger partial charge in [-0.15, -0.1) is 0 Å². The van der Waals surface area contributed by atoms with E-state index in [1.807, 2.05) is 6.07 Å². The molecule has 1 unspecified atom stereocenters. The van der Waals surface area contributed by atoms with E-state index in [-0.39, 0.29) is 29.8 Å². The number of allylic oxidation sites excluding steroid dienone is 1. The maximum Gasteiger partial charge on any atom is 0.341 e. The Kier molecular flexibility index (Phi) is 9.10. The molecule has 0 saturated heterocycles. The van der Waals surface area contributed by atoms with Crippen molar-refractivity contribution >= 4 is 19.5 Å². The first-order chi connectivity index (χ1) is 13.7. The highest BCUT2D eigenvalue weighted by molar-refractivity contribution is 7.55. The Hall–Kier alpha value is -1.42. The van der Waals surface area contributed by atoms with Crippen molar-refractivity contribution in [2.24, 2.45) is 0 Å². The molecule has 1 rings (SSSR count). The zero-order valence-electron chi connectivity index (χ0n) is 20.3. The van der Waals surface area contributed by atoms with Crippen LogP contribution >= 0.6 is 7.60 Å². The lowest BCUT2D eigenvalue weighted by molar-refractivity contribution is -0.114. The largest absolute Gasteiger partial charge is 0.496 e. The number of ether oxygens (including phenoxy) is 1. The minimum Gasteiger partial charge on any atom is -0.496 e. The Labute approximate surface area is 182 Å². The van der Waals surface area contributed by atoms with Crippen molar-refractivity contribution in [1.82, 2.24) is 0 Å². The third-order valence-electron chi connectivity index (χ3n) is 4.93. The Morgan fingerprint density at radius 2 is 1.57 bits per heavy atom. The van der Waals surface area contributed by atoms with Crippen molar-refractivity contribution in [3.63, 3.8) is 0 Å². The van der Waals surface area contributed by atoms with E-state index in [0.717, 1.165) is 22.4 Å². The molecule has 1 atom stereocenters. The summed E-state index contributed by atoms with van der Waals surface area (Å²) < 4.78 is 29.3. The first kappa shape index (κ1) is 26.6. The molecule has 0 bridgehead atoms. The van der Waals surface area contributed by atoms with E-state index in [1.165, 1.54) is 6.08 Å². The van der Waals surface area contributed by atoms with Crippen LogP contribution in [-0.2, 0) is 29.2 Å². The van der Waals surface area contributed by atoms with Gasteiger partial charge in [-0.05, 0) is 55.4 Å². The molecule has 5 nitrogen and oxygen atoms in total. The van der Waals surface area contributed by atoms with Crippen LogP contribution in [0.3, 0.4) is 0 Å². The molecular weight excluding hydrogens is 399 g/mol. The molecule has 0 radical (unpaired) electrons. The lowest BCUT2D eigenvalue weighted by Gasteiger charge is -2.28. The average Bonchev–Trinajstić information content (AvgIpc) is 2.63. The lowest BCUT2D eigenvalue weighted by Crippen LogP contribution is -2.19. The standard InChI is InChI=1S/C24H39O5P/c1-11-28-30(26,29-12-2)17(3)21(25)14-13-18-15-19(23(4,5)6)16-20(22(18)27-10)24(7,8)9/h13-17H,11-12H2,1-10H3. The van der Waals surface area contributed by atoms with Crippen LogP contribution in [0.25, 0.3) is 6.08 Å². The molecule has 0 aliphatic carbocycles. The third kappa shape index (κ3) is 6.54. The maximum atomic E-state index is 12.9. The number of methoxy groups -OCH3 is 1. The van der Waals surface area contributed by atoms with Crippen LogP contribution in [0.2, 0.25) is 0 Å². The van der Waals surface area contributed by atoms with Gasteiger partial charge in [-0.1, -0.05) is 47.6 Å². The quantitative estimate of drug-likeness (QED) is 0.324. The minimum absolute atomic E-state index is 0.0637. The van der Waals surface area contributed by atoms with E-state index in [0.29, 0.717) is 0 Å². The predicted molar refractivity (Wildman–Crippen MR) is 125 cm³/mol. The number of ketones is 1. The van der Waals surface area contributed by atoms with Gasteiger partial charge in [-0.2, -0.15) is 0 Å². The number of carbonyl (C=O) groups excluding carboxylic acids is 1. The van der Waals surface area contributed by atoms with E-state index in [1.54, 1.807) is 34.0 Å². The molecule has 0 N–H and O–H groups in total. The fourth-order valence-corrected chi connectivity index (χ4v) is 4.72. The van der Waals surface area contributed by atoms with E-state index in [4.69, 9.17) is 13.8 Å². The van der Waals surface area contributed by atoms with Gasteiger partial charge >= 0.3 is 7.60 Å². The third-order valence-corrected chi connectivity index (χ3v) is 7.37. The topological polar surface area (TPSA) is 61.8 Å². The molecule has 0 aliphatic rings. The highest BCUT2D eigenvalue weighted by atomic mass is 31.2. The summed E-state index contributed by atoms with van der Waals surface area (Å²) in [6, 6.07) is 4.23. The normalized spacial score (nSPS) is 14.2. The van der Waals surface area contributed by atoms with Gasteiger partial charge in [0.2, 0.25) is 0 Å². The number of benzene rings is 1. The first-order valence-corrected chi connectivity index (χ1v) is 12.2. The van der Waals surface area contributed by atoms with Gasteiger partial charge in [0, 0.05) is 11.1 Å². The zero-order valence-corrected chi connectivity index (χ0v) is 21.2. The van der Waals surface area contributed by atoms with Gasteiger partial charge < -0.3 is 13.8 Å². The molecule has 0 amide bonds. The van der Waals surface area contributed by atoms with Crippen molar-refractivity contribution in [2.45, 2.75) is 78.8 Å². The molecule has 0 saturated carbocycles. The Balaban J connectivity index is 3.45. The highest BCUT2D eigenvalue weighted by Crippen LogP contribution is 2.53. The number of carbonyl (C=O) groups is 1. The van der Waals surface area contributed by atoms with E-state index < -0.39 is 13.3 Å². The zero-order chi connectivity index (χ0) is 23.3. The van der Waals surface area contributed by atoms with Crippen LogP contribution in [0, 0.1) is 0 Å². The minimum atomic E-state index is -3.51. The lowest BCUT2D eigenvalue weighted by atomic mass is 9.79. The first-order valence-electron chi connectivity index (χ1n) is 10.5. The molecule has 0 fully saturated rings. The molecule has 6 heteroatoms. The second kappa shape index (κ2) is 10.3. The summed E-state index contributed by atoms with van der Waals surface area (Å²) >= 11 is 0. The van der Waals surface area contributed by atoms with E-state index >= 15 is 0 Å². The Bertz CT molecular complexity index is 802. The Morgan fingerprint density at radius 1 is 1.03 bits per heavy atom. The molecular formula is C24H39O5P. The van der Waals surface area contributed by atoms with Crippen molar-refractivity contribution in [2.75, 3.05) is 20.3 Å². The number of rotatable bonds is 9. The van der Waals surface area contributed by atoms with Gasteiger partial charge in [0.15, 0.2) is 5.78 Å². The highest BCUT2D eigenvalue weighted by Gasteiger charge is 2.36. The van der Waals surface area contributed by atoms with Crippen molar-refractivity contribution in [3.8, 4) is 5.75 Å². The van der Waals surface area contributed by atoms with Crippen molar-refractivity contribution in [3.05, 3.63) is 34.9 Å². The molecule has 0 aliphatic heterocycles. The van der Waals surface area contributed by atoms with Crippen LogP contribution < -0.4 is 4.74 Å². The summed E-state index contributed by atoms with van der Waals surface area (Å²) in [4.78, 5) is 12.8. The summed E-state index contributed by atoms with van der Waals surface area (Å²) in [6.45, 7) is 18.4. The smallest absolute Gasteiger partial charge is 0.341 e. The monoisotopic (exact) mass is 438 g/mol. The summed E-state index contributed by atoms with van der Waals surface area (Å²) in [6.07, 6.45) is 3.19. The SMILES string of the molecule is CCOP(=O)(OCC)C(C)C(=O)C=Cc1cc(C(C)(C)C)cc(C(C)(C)C)c1OC. The number of hydrogen-bond acceptors (Lipinski definition) is 5. The van der Waals surface area contributed by atoms with Gasteiger partial charge in [-0.3, -0.25) is 9.36 Å². The molecule has 1 aromatic rings. The van der Waals surface area contributed by atoms with Crippen LogP contribution in [-0.4, -0.2) is 31.8 Å². The fraction of sp³-hybridized carbons (Fsp3) is 0.625. The second-order valence-electron chi connectivity index (χ2n) is 9.43. The van der Waals surface area contributed by atoms with Gasteiger partial charge in [0.1, 0.15) is 11.4 Å². The summed E-state index contributed by atoms with van der Waals surface area (Å²) in [5, 5.41) is 0. The molecule has 0 aromatic heterocycles. The van der Waals surface area contributed by atoms with Gasteiger partial charge in [0.05, 0.1) is 20.3 Å². The summed E-state index contributed by atoms with van der Waals surface area (Å²) in [5.74, 6) is 0.436. The van der Waals surface area contributed by atoms with Crippen molar-refractivity contribution < 1.29 is 23.1 Å². The molecule has 170 valence electrons. The average molecular weight is 439 g/mol. The van der Waals surface area contributed by atoms with Gasteiger partial charge in [-0.25, -0.2) is 0 Å². The fourth-order valence-electron chi connectivity index (χ4n) is 3.08.